The van der Waals surface area contributed by atoms with E-state index in [9.17, 15) is 8.42 Å². The Kier molecular flexibility index (Phi) is 5.41. The van der Waals surface area contributed by atoms with Crippen LogP contribution in [0.2, 0.25) is 0 Å². The smallest absolute Gasteiger partial charge is 0.240 e. The van der Waals surface area contributed by atoms with Gasteiger partial charge in [0.05, 0.1) is 4.90 Å². The van der Waals surface area contributed by atoms with E-state index in [1.165, 1.54) is 0 Å². The lowest BCUT2D eigenvalue weighted by Gasteiger charge is -2.16. The fourth-order valence-electron chi connectivity index (χ4n) is 2.19. The van der Waals surface area contributed by atoms with E-state index in [1.54, 1.807) is 17.8 Å². The Morgan fingerprint density at radius 3 is 2.57 bits per heavy atom. The van der Waals surface area contributed by atoms with Gasteiger partial charge in [0.25, 0.3) is 0 Å². The molecule has 1 aliphatic carbocycles. The van der Waals surface area contributed by atoms with Crippen LogP contribution in [0.4, 0.5) is 0 Å². The average Bonchev–Trinajstić information content (AvgIpc) is 3.21. The first-order chi connectivity index (χ1) is 9.83. The second-order valence-corrected chi connectivity index (χ2v) is 9.31. The second kappa shape index (κ2) is 6.58. The van der Waals surface area contributed by atoms with Crippen molar-refractivity contribution in [1.82, 2.24) is 10.0 Å². The molecular formula is C14H21BrN2O2S2. The summed E-state index contributed by atoms with van der Waals surface area (Å²) in [6, 6.07) is 3.70. The minimum atomic E-state index is -3.48. The van der Waals surface area contributed by atoms with Crippen LogP contribution in [0.3, 0.4) is 0 Å². The molecule has 7 heteroatoms. The molecule has 1 aliphatic rings. The van der Waals surface area contributed by atoms with E-state index in [4.69, 9.17) is 0 Å². The highest BCUT2D eigenvalue weighted by atomic mass is 79.9. The number of thioether (sulfide) groups is 1. The number of halogens is 1. The van der Waals surface area contributed by atoms with Crippen molar-refractivity contribution >= 4 is 37.7 Å². The van der Waals surface area contributed by atoms with Gasteiger partial charge >= 0.3 is 0 Å². The maximum absolute atomic E-state index is 12.6. The number of nitrogens with one attached hydrogen (secondary N) is 2. The Hall–Kier alpha value is -0.0800. The molecule has 0 aromatic heterocycles. The second-order valence-electron chi connectivity index (χ2n) is 5.44. The van der Waals surface area contributed by atoms with Gasteiger partial charge in [-0.1, -0.05) is 15.9 Å². The van der Waals surface area contributed by atoms with E-state index in [2.05, 4.69) is 26.0 Å². The van der Waals surface area contributed by atoms with E-state index < -0.39 is 10.0 Å². The van der Waals surface area contributed by atoms with Crippen molar-refractivity contribution in [2.24, 2.45) is 0 Å². The summed E-state index contributed by atoms with van der Waals surface area (Å²) in [5.41, 5.74) is 1.69. The van der Waals surface area contributed by atoms with E-state index in [1.807, 2.05) is 26.3 Å². The lowest BCUT2D eigenvalue weighted by Crippen LogP contribution is -2.32. The molecule has 0 aliphatic heterocycles. The average molecular weight is 393 g/mol. The molecule has 0 unspecified atom stereocenters. The summed E-state index contributed by atoms with van der Waals surface area (Å²) >= 11 is 5.20. The van der Waals surface area contributed by atoms with E-state index in [0.29, 0.717) is 18.0 Å². The number of benzene rings is 1. The Morgan fingerprint density at radius 2 is 2.05 bits per heavy atom. The summed E-state index contributed by atoms with van der Waals surface area (Å²) in [4.78, 5) is 0.360. The minimum Gasteiger partial charge on any atom is -0.316 e. The predicted octanol–water partition coefficient (Wildman–Crippen LogP) is 2.65. The number of sulfonamides is 1. The molecule has 21 heavy (non-hydrogen) atoms. The van der Waals surface area contributed by atoms with Crippen LogP contribution in [-0.4, -0.2) is 33.0 Å². The molecule has 1 aromatic carbocycles. The van der Waals surface area contributed by atoms with Crippen molar-refractivity contribution in [2.75, 3.05) is 19.8 Å². The van der Waals surface area contributed by atoms with Crippen molar-refractivity contribution in [3.8, 4) is 0 Å². The number of hydrogen-bond donors (Lipinski definition) is 2. The molecule has 4 nitrogen and oxygen atoms in total. The monoisotopic (exact) mass is 392 g/mol. The Labute approximate surface area is 139 Å². The maximum Gasteiger partial charge on any atom is 0.240 e. The quantitative estimate of drug-likeness (QED) is 0.748. The molecule has 0 bridgehead atoms. The molecule has 0 radical (unpaired) electrons. The van der Waals surface area contributed by atoms with Gasteiger partial charge in [0.1, 0.15) is 0 Å². The summed E-state index contributed by atoms with van der Waals surface area (Å²) in [6.07, 6.45) is 4.20. The molecule has 0 spiro atoms. The van der Waals surface area contributed by atoms with Crippen LogP contribution in [0.1, 0.15) is 24.0 Å². The fraction of sp³-hybridized carbons (Fsp3) is 0.571. The summed E-state index contributed by atoms with van der Waals surface area (Å²) in [5, 5.41) is 3.05. The van der Waals surface area contributed by atoms with Gasteiger partial charge in [-0.3, -0.25) is 0 Å². The van der Waals surface area contributed by atoms with Gasteiger partial charge in [-0.2, -0.15) is 11.8 Å². The third-order valence-corrected chi connectivity index (χ3v) is 7.62. The van der Waals surface area contributed by atoms with Gasteiger partial charge < -0.3 is 5.32 Å². The molecule has 118 valence electrons. The van der Waals surface area contributed by atoms with Crippen LogP contribution in [0, 0.1) is 6.92 Å². The highest BCUT2D eigenvalue weighted by Gasteiger charge is 2.42. The molecule has 0 heterocycles. The first-order valence-electron chi connectivity index (χ1n) is 6.82. The Bertz CT molecular complexity index is 628. The summed E-state index contributed by atoms with van der Waals surface area (Å²) in [6.45, 7) is 2.96. The molecule has 0 saturated heterocycles. The lowest BCUT2D eigenvalue weighted by atomic mass is 10.1. The maximum atomic E-state index is 12.6. The van der Waals surface area contributed by atoms with Crippen LogP contribution in [0.15, 0.2) is 21.5 Å². The standard InChI is InChI=1S/C14H21BrN2O2S2/c1-10-12(15)6-11(8-16-2)7-13(10)21(18,19)17-9-14(20-3)4-5-14/h6-7,16-17H,4-5,8-9H2,1-3H3. The molecular weight excluding hydrogens is 372 g/mol. The van der Waals surface area contributed by atoms with Gasteiger partial charge in [-0.15, -0.1) is 0 Å². The number of rotatable bonds is 7. The molecule has 1 aromatic rings. The lowest BCUT2D eigenvalue weighted by molar-refractivity contribution is 0.578. The van der Waals surface area contributed by atoms with Crippen molar-refractivity contribution in [1.29, 1.82) is 0 Å². The van der Waals surface area contributed by atoms with Crippen LogP contribution >= 0.6 is 27.7 Å². The number of hydrogen-bond acceptors (Lipinski definition) is 4. The zero-order valence-corrected chi connectivity index (χ0v) is 15.7. The molecule has 2 N–H and O–H groups in total. The highest BCUT2D eigenvalue weighted by molar-refractivity contribution is 9.10. The molecule has 0 amide bonds. The summed E-state index contributed by atoms with van der Waals surface area (Å²) < 4.78 is 28.9. The summed E-state index contributed by atoms with van der Waals surface area (Å²) in [7, 11) is -1.64. The van der Waals surface area contributed by atoms with Crippen LogP contribution < -0.4 is 10.0 Å². The minimum absolute atomic E-state index is 0.112. The molecule has 2 rings (SSSR count). The highest BCUT2D eigenvalue weighted by Crippen LogP contribution is 2.46. The topological polar surface area (TPSA) is 58.2 Å². The van der Waals surface area contributed by atoms with E-state index in [0.717, 1.165) is 28.4 Å². The van der Waals surface area contributed by atoms with Crippen molar-refractivity contribution < 1.29 is 8.42 Å². The third kappa shape index (κ3) is 4.01. The van der Waals surface area contributed by atoms with Crippen molar-refractivity contribution in [2.45, 2.75) is 36.0 Å². The Balaban J connectivity index is 2.26. The van der Waals surface area contributed by atoms with E-state index >= 15 is 0 Å². The zero-order chi connectivity index (χ0) is 15.7. The van der Waals surface area contributed by atoms with Crippen molar-refractivity contribution in [3.05, 3.63) is 27.7 Å². The summed E-state index contributed by atoms with van der Waals surface area (Å²) in [5.74, 6) is 0. The molecule has 0 atom stereocenters. The van der Waals surface area contributed by atoms with Crippen LogP contribution in [0.5, 0.6) is 0 Å². The SMILES string of the molecule is CNCc1cc(Br)c(C)c(S(=O)(=O)NCC2(SC)CC2)c1. The zero-order valence-electron chi connectivity index (χ0n) is 12.5. The molecule has 1 saturated carbocycles. The van der Waals surface area contributed by atoms with Crippen LogP contribution in [0.25, 0.3) is 0 Å². The largest absolute Gasteiger partial charge is 0.316 e. The van der Waals surface area contributed by atoms with Gasteiger partial charge in [-0.25, -0.2) is 13.1 Å². The first-order valence-corrected chi connectivity index (χ1v) is 10.3. The fourth-order valence-corrected chi connectivity index (χ4v) is 5.09. The van der Waals surface area contributed by atoms with Gasteiger partial charge in [0.15, 0.2) is 0 Å². The van der Waals surface area contributed by atoms with E-state index in [-0.39, 0.29) is 4.75 Å². The molecule has 1 fully saturated rings. The third-order valence-electron chi connectivity index (χ3n) is 3.85. The first kappa shape index (κ1) is 17.3. The van der Waals surface area contributed by atoms with Gasteiger partial charge in [-0.05, 0) is 56.3 Å². The van der Waals surface area contributed by atoms with Gasteiger partial charge in [0, 0.05) is 22.3 Å². The van der Waals surface area contributed by atoms with Crippen LogP contribution in [-0.2, 0) is 16.6 Å². The predicted molar refractivity (Wildman–Crippen MR) is 92.3 cm³/mol. The Morgan fingerprint density at radius 1 is 1.38 bits per heavy atom. The normalized spacial score (nSPS) is 17.0. The van der Waals surface area contributed by atoms with Crippen molar-refractivity contribution in [3.63, 3.8) is 0 Å². The van der Waals surface area contributed by atoms with Gasteiger partial charge in [0.2, 0.25) is 10.0 Å².